The molecule has 0 aromatic rings. The molecule has 0 unspecified atom stereocenters. The lowest BCUT2D eigenvalue weighted by Crippen LogP contribution is -2.37. The number of nitrogens with zero attached hydrogens (tertiary/aromatic N) is 2. The number of amides is 4. The average Bonchev–Trinajstić information content (AvgIpc) is 2.97. The van der Waals surface area contributed by atoms with Crippen molar-refractivity contribution in [2.75, 3.05) is 13.6 Å². The molecule has 6 nitrogen and oxygen atoms in total. The second-order valence-electron chi connectivity index (χ2n) is 4.68. The third-order valence-corrected chi connectivity index (χ3v) is 3.39. The first-order chi connectivity index (χ1) is 7.86. The highest BCUT2D eigenvalue weighted by Gasteiger charge is 2.51. The minimum absolute atomic E-state index is 0.192. The first-order valence-electron chi connectivity index (χ1n) is 5.28. The van der Waals surface area contributed by atoms with Crippen molar-refractivity contribution in [3.05, 3.63) is 0 Å². The van der Waals surface area contributed by atoms with E-state index >= 15 is 0 Å². The number of rotatable bonds is 4. The van der Waals surface area contributed by atoms with E-state index in [2.05, 4.69) is 0 Å². The molecule has 0 bridgehead atoms. The Balaban J connectivity index is 2.10. The summed E-state index contributed by atoms with van der Waals surface area (Å²) in [5.74, 6) is -1.53. The molecule has 2 aliphatic rings. The highest BCUT2D eigenvalue weighted by Crippen LogP contribution is 2.49. The first-order valence-corrected chi connectivity index (χ1v) is 5.69. The molecular formula is C10H13N3O3S. The minimum Gasteiger partial charge on any atom is -0.393 e. The lowest BCUT2D eigenvalue weighted by Gasteiger charge is -2.20. The lowest BCUT2D eigenvalue weighted by atomic mass is 10.0. The van der Waals surface area contributed by atoms with Crippen molar-refractivity contribution in [2.45, 2.75) is 19.3 Å². The smallest absolute Gasteiger partial charge is 0.333 e. The monoisotopic (exact) mass is 255 g/mol. The summed E-state index contributed by atoms with van der Waals surface area (Å²) in [5.41, 5.74) is 5.29. The topological polar surface area (TPSA) is 83.7 Å². The molecule has 1 aliphatic carbocycles. The number of imide groups is 2. The van der Waals surface area contributed by atoms with Gasteiger partial charge in [0.1, 0.15) is 0 Å². The zero-order valence-corrected chi connectivity index (χ0v) is 10.2. The molecule has 0 atom stereocenters. The number of hydrogen-bond acceptors (Lipinski definition) is 4. The van der Waals surface area contributed by atoms with Crippen molar-refractivity contribution in [3.63, 3.8) is 0 Å². The van der Waals surface area contributed by atoms with Gasteiger partial charge in [0.2, 0.25) is 0 Å². The second-order valence-corrected chi connectivity index (χ2v) is 5.21. The maximum Gasteiger partial charge on any atom is 0.333 e. The molecule has 2 rings (SSSR count). The molecule has 0 aromatic carbocycles. The zero-order chi connectivity index (χ0) is 12.8. The molecule has 1 aliphatic heterocycles. The van der Waals surface area contributed by atoms with Crippen LogP contribution in [0.3, 0.4) is 0 Å². The molecule has 17 heavy (non-hydrogen) atoms. The van der Waals surface area contributed by atoms with E-state index < -0.39 is 17.8 Å². The fourth-order valence-corrected chi connectivity index (χ4v) is 2.33. The number of hydrogen-bond donors (Lipinski definition) is 1. The summed E-state index contributed by atoms with van der Waals surface area (Å²) in [6.45, 7) is 0.234. The first kappa shape index (κ1) is 12.0. The fourth-order valence-electron chi connectivity index (χ4n) is 2.03. The van der Waals surface area contributed by atoms with Gasteiger partial charge in [-0.3, -0.25) is 19.4 Å². The highest BCUT2D eigenvalue weighted by atomic mass is 32.1. The number of carbonyl (C=O) groups excluding carboxylic acids is 3. The van der Waals surface area contributed by atoms with E-state index in [0.29, 0.717) is 11.4 Å². The van der Waals surface area contributed by atoms with E-state index in [1.807, 2.05) is 0 Å². The quantitative estimate of drug-likeness (QED) is 0.429. The van der Waals surface area contributed by atoms with Crippen LogP contribution in [0.2, 0.25) is 0 Å². The number of carbonyl (C=O) groups is 3. The van der Waals surface area contributed by atoms with Crippen LogP contribution in [0.15, 0.2) is 0 Å². The Morgan fingerprint density at radius 2 is 1.94 bits per heavy atom. The van der Waals surface area contributed by atoms with Crippen molar-refractivity contribution in [1.29, 1.82) is 0 Å². The minimum atomic E-state index is -0.777. The van der Waals surface area contributed by atoms with E-state index in [9.17, 15) is 14.4 Å². The largest absolute Gasteiger partial charge is 0.393 e. The van der Waals surface area contributed by atoms with Crippen LogP contribution >= 0.6 is 12.2 Å². The van der Waals surface area contributed by atoms with E-state index in [4.69, 9.17) is 18.0 Å². The molecule has 2 N–H and O–H groups in total. The van der Waals surface area contributed by atoms with Gasteiger partial charge in [0.25, 0.3) is 0 Å². The summed E-state index contributed by atoms with van der Waals surface area (Å²) in [4.78, 5) is 36.8. The second kappa shape index (κ2) is 3.76. The molecular weight excluding hydrogens is 242 g/mol. The van der Waals surface area contributed by atoms with Gasteiger partial charge in [0, 0.05) is 20.0 Å². The van der Waals surface area contributed by atoms with Crippen LogP contribution < -0.4 is 5.73 Å². The highest BCUT2D eigenvalue weighted by molar-refractivity contribution is 7.80. The third kappa shape index (κ3) is 2.02. The number of likely N-dealkylation sites (N-methyl/N-ethyl adjacent to an activating group) is 1. The van der Waals surface area contributed by atoms with E-state index in [1.54, 1.807) is 0 Å². The molecule has 7 heteroatoms. The van der Waals surface area contributed by atoms with E-state index in [0.717, 1.165) is 22.6 Å². The van der Waals surface area contributed by atoms with Crippen LogP contribution in [0.1, 0.15) is 19.3 Å². The van der Waals surface area contributed by atoms with Crippen LogP contribution in [-0.4, -0.2) is 46.2 Å². The molecule has 1 heterocycles. The Morgan fingerprint density at radius 1 is 1.35 bits per heavy atom. The summed E-state index contributed by atoms with van der Waals surface area (Å²) >= 11 is 4.84. The summed E-state index contributed by atoms with van der Waals surface area (Å²) < 4.78 is 0. The van der Waals surface area contributed by atoms with Gasteiger partial charge in [-0.1, -0.05) is 12.2 Å². The molecule has 0 radical (unpaired) electrons. The third-order valence-electron chi connectivity index (χ3n) is 3.25. The Kier molecular flexibility index (Phi) is 2.65. The normalized spacial score (nSPS) is 22.3. The van der Waals surface area contributed by atoms with Crippen LogP contribution in [0.4, 0.5) is 4.79 Å². The van der Waals surface area contributed by atoms with E-state index in [-0.39, 0.29) is 12.0 Å². The van der Waals surface area contributed by atoms with Crippen molar-refractivity contribution in [1.82, 2.24) is 9.80 Å². The molecule has 0 aromatic heterocycles. The SMILES string of the molecule is CN1C(=O)C(=O)N(CC2(CC(N)=S)CC2)C1=O. The van der Waals surface area contributed by atoms with E-state index in [1.165, 1.54) is 7.05 Å². The molecule has 1 saturated heterocycles. The fraction of sp³-hybridized carbons (Fsp3) is 0.600. The summed E-state index contributed by atoms with van der Waals surface area (Å²) in [5, 5.41) is 0. The van der Waals surface area contributed by atoms with Crippen molar-refractivity contribution in [2.24, 2.45) is 11.1 Å². The Morgan fingerprint density at radius 3 is 2.29 bits per heavy atom. The molecule has 0 spiro atoms. The van der Waals surface area contributed by atoms with Crippen molar-refractivity contribution in [3.8, 4) is 0 Å². The number of thiocarbonyl (C=S) groups is 1. The van der Waals surface area contributed by atoms with Crippen molar-refractivity contribution >= 4 is 35.1 Å². The summed E-state index contributed by atoms with van der Waals surface area (Å²) in [7, 11) is 1.30. The number of nitrogens with two attached hydrogens (primary N) is 1. The van der Waals surface area contributed by atoms with Crippen LogP contribution in [0.5, 0.6) is 0 Å². The summed E-state index contributed by atoms with van der Waals surface area (Å²) in [6, 6.07) is -0.561. The van der Waals surface area contributed by atoms with Crippen molar-refractivity contribution < 1.29 is 14.4 Å². The average molecular weight is 255 g/mol. The molecule has 2 fully saturated rings. The Labute approximate surface area is 104 Å². The maximum atomic E-state index is 11.7. The lowest BCUT2D eigenvalue weighted by molar-refractivity contribution is -0.143. The van der Waals surface area contributed by atoms with Gasteiger partial charge in [0.15, 0.2) is 0 Å². The van der Waals surface area contributed by atoms with Gasteiger partial charge < -0.3 is 5.73 Å². The van der Waals surface area contributed by atoms with Gasteiger partial charge >= 0.3 is 17.8 Å². The Hall–Kier alpha value is -1.50. The maximum absolute atomic E-state index is 11.7. The Bertz CT molecular complexity index is 431. The predicted molar refractivity (Wildman–Crippen MR) is 62.9 cm³/mol. The van der Waals surface area contributed by atoms with Gasteiger partial charge in [-0.25, -0.2) is 4.79 Å². The van der Waals surface area contributed by atoms with Gasteiger partial charge in [-0.05, 0) is 18.3 Å². The van der Waals surface area contributed by atoms with Gasteiger partial charge in [-0.2, -0.15) is 0 Å². The standard InChI is InChI=1S/C10H13N3O3S/c1-12-7(14)8(15)13(9(12)16)5-10(2-3-10)4-6(11)17/h2-5H2,1H3,(H2,11,17). The van der Waals surface area contributed by atoms with Crippen LogP contribution in [0.25, 0.3) is 0 Å². The summed E-state index contributed by atoms with van der Waals surface area (Å²) in [6.07, 6.45) is 2.26. The van der Waals surface area contributed by atoms with Crippen LogP contribution in [0, 0.1) is 5.41 Å². The van der Waals surface area contributed by atoms with Gasteiger partial charge in [-0.15, -0.1) is 0 Å². The van der Waals surface area contributed by atoms with Crippen LogP contribution in [-0.2, 0) is 9.59 Å². The van der Waals surface area contributed by atoms with Gasteiger partial charge in [0.05, 0.1) is 4.99 Å². The number of urea groups is 1. The molecule has 1 saturated carbocycles. The molecule has 4 amide bonds. The predicted octanol–water partition coefficient (Wildman–Crippen LogP) is -0.137. The molecule has 92 valence electrons. The zero-order valence-electron chi connectivity index (χ0n) is 9.43.